The fourth-order valence-electron chi connectivity index (χ4n) is 4.40. The number of H-pyrrole nitrogens is 1. The van der Waals surface area contributed by atoms with E-state index in [0.29, 0.717) is 19.4 Å². The monoisotopic (exact) mass is 490 g/mol. The van der Waals surface area contributed by atoms with Gasteiger partial charge in [0.05, 0.1) is 7.11 Å². The Labute approximate surface area is 211 Å². The zero-order chi connectivity index (χ0) is 25.9. The van der Waals surface area contributed by atoms with Crippen molar-refractivity contribution in [1.29, 1.82) is 0 Å². The van der Waals surface area contributed by atoms with Gasteiger partial charge in [0.25, 0.3) is 0 Å². The first-order valence-electron chi connectivity index (χ1n) is 12.1. The van der Waals surface area contributed by atoms with Crippen LogP contribution in [0.3, 0.4) is 0 Å². The topological polar surface area (TPSA) is 97.4 Å². The first-order chi connectivity index (χ1) is 17.1. The molecule has 36 heavy (non-hydrogen) atoms. The number of fused-ring (bicyclic) bond motifs is 2. The molecule has 2 aromatic carbocycles. The van der Waals surface area contributed by atoms with Crippen LogP contribution >= 0.6 is 0 Å². The summed E-state index contributed by atoms with van der Waals surface area (Å²) in [5.41, 5.74) is 3.47. The summed E-state index contributed by atoms with van der Waals surface area (Å²) in [4.78, 5) is 29.1. The van der Waals surface area contributed by atoms with Crippen LogP contribution in [0, 0.1) is 0 Å². The lowest BCUT2D eigenvalue weighted by molar-refractivity contribution is -0.123. The van der Waals surface area contributed by atoms with E-state index in [1.807, 2.05) is 66.5 Å². The van der Waals surface area contributed by atoms with Crippen molar-refractivity contribution in [2.24, 2.45) is 7.05 Å². The lowest BCUT2D eigenvalue weighted by Gasteiger charge is -2.23. The number of amides is 2. The highest BCUT2D eigenvalue weighted by Gasteiger charge is 2.26. The third kappa shape index (κ3) is 5.82. The van der Waals surface area contributed by atoms with Crippen molar-refractivity contribution in [2.45, 2.75) is 45.3 Å². The van der Waals surface area contributed by atoms with Gasteiger partial charge < -0.3 is 29.7 Å². The maximum Gasteiger partial charge on any atom is 0.408 e. The average Bonchev–Trinajstić information content (AvgIpc) is 3.37. The van der Waals surface area contributed by atoms with Gasteiger partial charge in [-0.2, -0.15) is 0 Å². The number of hydrogen-bond acceptors (Lipinski definition) is 4. The molecule has 0 saturated carbocycles. The first kappa shape index (κ1) is 25.2. The number of hydrogen-bond donors (Lipinski definition) is 3. The fourth-order valence-corrected chi connectivity index (χ4v) is 4.40. The van der Waals surface area contributed by atoms with Gasteiger partial charge in [-0.05, 0) is 62.6 Å². The number of methoxy groups -OCH3 is 1. The molecule has 8 nitrogen and oxygen atoms in total. The summed E-state index contributed by atoms with van der Waals surface area (Å²) in [6, 6.07) is 13.1. The molecule has 0 fully saturated rings. The van der Waals surface area contributed by atoms with Crippen molar-refractivity contribution >= 4 is 33.8 Å². The zero-order valence-electron chi connectivity index (χ0n) is 21.5. The van der Waals surface area contributed by atoms with Crippen molar-refractivity contribution in [3.05, 3.63) is 66.0 Å². The summed E-state index contributed by atoms with van der Waals surface area (Å²) in [5, 5.41) is 7.89. The molecule has 0 aliphatic rings. The van der Waals surface area contributed by atoms with Crippen molar-refractivity contribution in [3.63, 3.8) is 0 Å². The molecule has 8 heteroatoms. The number of aryl methyl sites for hydroxylation is 1. The predicted molar refractivity (Wildman–Crippen MR) is 141 cm³/mol. The third-order valence-electron chi connectivity index (χ3n) is 6.08. The molecule has 0 spiro atoms. The number of nitrogens with one attached hydrogen (secondary N) is 3. The van der Waals surface area contributed by atoms with Gasteiger partial charge in [0.15, 0.2) is 0 Å². The van der Waals surface area contributed by atoms with Crippen LogP contribution in [-0.2, 0) is 29.4 Å². The van der Waals surface area contributed by atoms with Gasteiger partial charge in [0, 0.05) is 54.2 Å². The van der Waals surface area contributed by atoms with Gasteiger partial charge in [-0.1, -0.05) is 18.2 Å². The van der Waals surface area contributed by atoms with Gasteiger partial charge in [-0.15, -0.1) is 0 Å². The number of nitrogens with zero attached hydrogens (tertiary/aromatic N) is 1. The highest BCUT2D eigenvalue weighted by atomic mass is 16.6. The van der Waals surface area contributed by atoms with Crippen molar-refractivity contribution < 1.29 is 19.1 Å². The Bertz CT molecular complexity index is 1380. The SMILES string of the molecule is COc1ccc2[nH]cc(CCNC(=O)[C@@H](Cc3cn(C)c4ccccc34)NC(=O)OC(C)(C)C)c2c1. The highest BCUT2D eigenvalue weighted by Crippen LogP contribution is 2.24. The standard InChI is InChI=1S/C28H34N4O4/c1-28(2,3)36-27(34)31-24(14-19-17-32(4)25-9-7-6-8-21(19)25)26(33)29-13-12-18-16-30-23-11-10-20(35-5)15-22(18)23/h6-11,15-17,24,30H,12-14H2,1-5H3,(H,29,33)(H,31,34)/t24-/m1/s1. The van der Waals surface area contributed by atoms with E-state index in [1.165, 1.54) is 0 Å². The van der Waals surface area contributed by atoms with E-state index in [2.05, 4.69) is 15.6 Å². The van der Waals surface area contributed by atoms with Crippen molar-refractivity contribution in [1.82, 2.24) is 20.2 Å². The largest absolute Gasteiger partial charge is 0.497 e. The Kier molecular flexibility index (Phi) is 7.24. The molecule has 1 atom stereocenters. The normalized spacial score (nSPS) is 12.5. The van der Waals surface area contributed by atoms with Gasteiger partial charge in [-0.3, -0.25) is 4.79 Å². The molecule has 2 amide bonds. The van der Waals surface area contributed by atoms with Crippen LogP contribution in [0.25, 0.3) is 21.8 Å². The molecule has 0 aliphatic heterocycles. The van der Waals surface area contributed by atoms with Crippen LogP contribution in [0.2, 0.25) is 0 Å². The number of benzene rings is 2. The number of carbonyl (C=O) groups excluding carboxylic acids is 2. The number of para-hydroxylation sites is 1. The molecule has 190 valence electrons. The number of carbonyl (C=O) groups is 2. The third-order valence-corrected chi connectivity index (χ3v) is 6.08. The quantitative estimate of drug-likeness (QED) is 0.340. The van der Waals surface area contributed by atoms with E-state index in [1.54, 1.807) is 27.9 Å². The minimum absolute atomic E-state index is 0.258. The van der Waals surface area contributed by atoms with Crippen molar-refractivity contribution in [2.75, 3.05) is 13.7 Å². The van der Waals surface area contributed by atoms with E-state index in [0.717, 1.165) is 38.7 Å². The molecule has 0 bridgehead atoms. The number of aromatic amines is 1. The predicted octanol–water partition coefficient (Wildman–Crippen LogP) is 4.46. The summed E-state index contributed by atoms with van der Waals surface area (Å²) in [6.45, 7) is 5.80. The maximum absolute atomic E-state index is 13.3. The second-order valence-corrected chi connectivity index (χ2v) is 9.95. The number of ether oxygens (including phenoxy) is 2. The molecular formula is C28H34N4O4. The Morgan fingerprint density at radius 1 is 1.08 bits per heavy atom. The van der Waals surface area contributed by atoms with Gasteiger partial charge in [-0.25, -0.2) is 4.79 Å². The molecule has 2 heterocycles. The number of rotatable bonds is 8. The first-order valence-corrected chi connectivity index (χ1v) is 12.1. The summed E-state index contributed by atoms with van der Waals surface area (Å²) in [7, 11) is 3.61. The van der Waals surface area contributed by atoms with Crippen LogP contribution in [0.15, 0.2) is 54.9 Å². The van der Waals surface area contributed by atoms with Crippen molar-refractivity contribution in [3.8, 4) is 5.75 Å². The van der Waals surface area contributed by atoms with Crippen LogP contribution in [-0.4, -0.2) is 46.8 Å². The summed E-state index contributed by atoms with van der Waals surface area (Å²) >= 11 is 0. The summed E-state index contributed by atoms with van der Waals surface area (Å²) < 4.78 is 12.8. The average molecular weight is 491 g/mol. The lowest BCUT2D eigenvalue weighted by Crippen LogP contribution is -2.49. The summed E-state index contributed by atoms with van der Waals surface area (Å²) in [5.74, 6) is 0.523. The van der Waals surface area contributed by atoms with E-state index < -0.39 is 17.7 Å². The molecule has 3 N–H and O–H groups in total. The number of alkyl carbamates (subject to hydrolysis) is 1. The minimum Gasteiger partial charge on any atom is -0.497 e. The van der Waals surface area contributed by atoms with Crippen LogP contribution in [0.4, 0.5) is 4.79 Å². The van der Waals surface area contributed by atoms with Crippen LogP contribution < -0.4 is 15.4 Å². The van der Waals surface area contributed by atoms with E-state index >= 15 is 0 Å². The Hall–Kier alpha value is -3.94. The van der Waals surface area contributed by atoms with Crippen LogP contribution in [0.5, 0.6) is 5.75 Å². The van der Waals surface area contributed by atoms with Crippen LogP contribution in [0.1, 0.15) is 31.9 Å². The molecule has 0 radical (unpaired) electrons. The molecule has 4 rings (SSSR count). The fraction of sp³-hybridized carbons (Fsp3) is 0.357. The number of aromatic nitrogens is 2. The highest BCUT2D eigenvalue weighted by molar-refractivity contribution is 5.89. The molecule has 2 aromatic heterocycles. The smallest absolute Gasteiger partial charge is 0.408 e. The Morgan fingerprint density at radius 2 is 1.86 bits per heavy atom. The molecule has 0 aliphatic carbocycles. The maximum atomic E-state index is 13.3. The van der Waals surface area contributed by atoms with E-state index in [4.69, 9.17) is 9.47 Å². The second kappa shape index (κ2) is 10.4. The van der Waals surface area contributed by atoms with E-state index in [-0.39, 0.29) is 5.91 Å². The zero-order valence-corrected chi connectivity index (χ0v) is 21.5. The molecule has 0 saturated heterocycles. The van der Waals surface area contributed by atoms with E-state index in [9.17, 15) is 9.59 Å². The van der Waals surface area contributed by atoms with Gasteiger partial charge in [0.1, 0.15) is 17.4 Å². The Balaban J connectivity index is 1.48. The minimum atomic E-state index is -0.784. The Morgan fingerprint density at radius 3 is 2.61 bits per heavy atom. The molecule has 0 unspecified atom stereocenters. The molecule has 4 aromatic rings. The van der Waals surface area contributed by atoms with Gasteiger partial charge >= 0.3 is 6.09 Å². The summed E-state index contributed by atoms with van der Waals surface area (Å²) in [6.07, 6.45) is 4.30. The second-order valence-electron chi connectivity index (χ2n) is 9.95. The van der Waals surface area contributed by atoms with Gasteiger partial charge in [0.2, 0.25) is 5.91 Å². The lowest BCUT2D eigenvalue weighted by atomic mass is 10.0. The molecular weight excluding hydrogens is 456 g/mol.